The molecule has 0 aliphatic carbocycles. The molecule has 1 aromatic heterocycles. The molecule has 5 aromatic carbocycles. The van der Waals surface area contributed by atoms with Crippen LogP contribution in [0.1, 0.15) is 36.0 Å². The Bertz CT molecular complexity index is 2010. The van der Waals surface area contributed by atoms with Crippen LogP contribution in [0.4, 0.5) is 16.2 Å². The smallest absolute Gasteiger partial charge is 0.323 e. The molecule has 1 fully saturated rings. The molecule has 1 saturated heterocycles. The maximum absolute atomic E-state index is 12.8. The number of urea groups is 1. The summed E-state index contributed by atoms with van der Waals surface area (Å²) < 4.78 is 20.8. The first-order valence-corrected chi connectivity index (χ1v) is 17.5. The van der Waals surface area contributed by atoms with Crippen molar-refractivity contribution < 1.29 is 24.1 Å². The molecule has 0 radical (unpaired) electrons. The van der Waals surface area contributed by atoms with Gasteiger partial charge in [-0.15, -0.1) is 5.10 Å². The number of carbonyl (C=O) groups is 1. The van der Waals surface area contributed by atoms with Crippen LogP contribution in [-0.2, 0) is 16.1 Å². The van der Waals surface area contributed by atoms with Crippen LogP contribution in [-0.4, -0.2) is 43.2 Å². The van der Waals surface area contributed by atoms with Gasteiger partial charge in [0.05, 0.1) is 24.5 Å². The Balaban J connectivity index is 1.02. The minimum atomic E-state index is -0.668. The van der Waals surface area contributed by atoms with E-state index in [1.165, 1.54) is 11.8 Å². The first kappa shape index (κ1) is 33.9. The average Bonchev–Trinajstić information content (AvgIpc) is 3.65. The van der Waals surface area contributed by atoms with Gasteiger partial charge < -0.3 is 30.0 Å². The van der Waals surface area contributed by atoms with E-state index in [0.29, 0.717) is 28.0 Å². The fraction of sp³-hybridized carbons (Fsp3) is 0.179. The molecular formula is C39H36N6O5S. The van der Waals surface area contributed by atoms with E-state index in [0.717, 1.165) is 28.1 Å². The lowest BCUT2D eigenvalue weighted by molar-refractivity contribution is -0.268. The number of hydrogen-bond donors (Lipinski definition) is 3. The molecule has 7 rings (SSSR count). The highest BCUT2D eigenvalue weighted by atomic mass is 32.2. The number of anilines is 2. The normalized spacial score (nSPS) is 18.5. The van der Waals surface area contributed by atoms with Crippen molar-refractivity contribution in [3.63, 3.8) is 0 Å². The fourth-order valence-electron chi connectivity index (χ4n) is 5.71. The summed E-state index contributed by atoms with van der Waals surface area (Å²) in [5.41, 5.74) is 4.74. The Morgan fingerprint density at radius 1 is 0.784 bits per heavy atom. The lowest BCUT2D eigenvalue weighted by atomic mass is 9.91. The Morgan fingerprint density at radius 3 is 2.06 bits per heavy atom. The van der Waals surface area contributed by atoms with Crippen LogP contribution < -0.4 is 15.4 Å². The molecular weight excluding hydrogens is 665 g/mol. The Labute approximate surface area is 299 Å². The molecule has 0 bridgehead atoms. The predicted molar refractivity (Wildman–Crippen MR) is 195 cm³/mol. The molecule has 3 N–H and O–H groups in total. The van der Waals surface area contributed by atoms with Gasteiger partial charge in [0, 0.05) is 28.6 Å². The zero-order chi connectivity index (χ0) is 35.0. The first-order chi connectivity index (χ1) is 25.0. The van der Waals surface area contributed by atoms with Gasteiger partial charge in [-0.2, -0.15) is 4.68 Å². The van der Waals surface area contributed by atoms with E-state index in [9.17, 15) is 9.90 Å². The SMILES string of the molecule is CC1C(CSc2nnnn2-c2ccccc2)OC(c2ccc(NC(=O)Nc3ccc(Oc4ccccc4)cc3)cc2)OC1c1ccc(CO)cc1. The number of aliphatic hydroxyl groups excluding tert-OH is 1. The Hall–Kier alpha value is -5.53. The highest BCUT2D eigenvalue weighted by molar-refractivity contribution is 7.99. The van der Waals surface area contributed by atoms with Crippen molar-refractivity contribution >= 4 is 29.2 Å². The molecule has 51 heavy (non-hydrogen) atoms. The Kier molecular flexibility index (Phi) is 10.6. The molecule has 4 atom stereocenters. The number of para-hydroxylation sites is 2. The number of ether oxygens (including phenoxy) is 3. The van der Waals surface area contributed by atoms with Crippen LogP contribution in [0.5, 0.6) is 11.5 Å². The minimum absolute atomic E-state index is 0.0154. The number of tetrazole rings is 1. The van der Waals surface area contributed by atoms with Crippen LogP contribution >= 0.6 is 11.8 Å². The van der Waals surface area contributed by atoms with Crippen molar-refractivity contribution in [1.29, 1.82) is 0 Å². The van der Waals surface area contributed by atoms with Gasteiger partial charge in [0.2, 0.25) is 5.16 Å². The lowest BCUT2D eigenvalue weighted by Gasteiger charge is -2.41. The zero-order valence-electron chi connectivity index (χ0n) is 27.7. The maximum Gasteiger partial charge on any atom is 0.323 e. The van der Waals surface area contributed by atoms with E-state index in [-0.39, 0.29) is 30.8 Å². The number of aliphatic hydroxyl groups is 1. The maximum atomic E-state index is 12.8. The number of nitrogens with one attached hydrogen (secondary N) is 2. The zero-order valence-corrected chi connectivity index (χ0v) is 28.5. The molecule has 2 amide bonds. The van der Waals surface area contributed by atoms with Gasteiger partial charge in [0.15, 0.2) is 6.29 Å². The number of benzene rings is 5. The van der Waals surface area contributed by atoms with Crippen molar-refractivity contribution in [3.05, 3.63) is 150 Å². The van der Waals surface area contributed by atoms with Crippen molar-refractivity contribution in [1.82, 2.24) is 20.2 Å². The van der Waals surface area contributed by atoms with E-state index >= 15 is 0 Å². The molecule has 12 heteroatoms. The van der Waals surface area contributed by atoms with Gasteiger partial charge >= 0.3 is 6.03 Å². The van der Waals surface area contributed by atoms with Crippen molar-refractivity contribution in [2.24, 2.45) is 5.92 Å². The molecule has 0 saturated carbocycles. The molecule has 1 aliphatic heterocycles. The highest BCUT2D eigenvalue weighted by Gasteiger charge is 2.38. The topological polar surface area (TPSA) is 133 Å². The number of aromatic nitrogens is 4. The van der Waals surface area contributed by atoms with Crippen LogP contribution in [0, 0.1) is 5.92 Å². The van der Waals surface area contributed by atoms with Crippen molar-refractivity contribution in [3.8, 4) is 17.2 Å². The van der Waals surface area contributed by atoms with Gasteiger partial charge in [-0.25, -0.2) is 4.79 Å². The number of amides is 2. The summed E-state index contributed by atoms with van der Waals surface area (Å²) in [6, 6.07) is 41.3. The molecule has 6 aromatic rings. The van der Waals surface area contributed by atoms with E-state index in [1.807, 2.05) is 109 Å². The highest BCUT2D eigenvalue weighted by Crippen LogP contribution is 2.43. The largest absolute Gasteiger partial charge is 0.457 e. The van der Waals surface area contributed by atoms with E-state index < -0.39 is 6.29 Å². The summed E-state index contributed by atoms with van der Waals surface area (Å²) in [5.74, 6) is 1.97. The fourth-order valence-corrected chi connectivity index (χ4v) is 6.77. The average molecular weight is 701 g/mol. The van der Waals surface area contributed by atoms with Gasteiger partial charge in [-0.05, 0) is 82.2 Å². The van der Waals surface area contributed by atoms with Gasteiger partial charge in [-0.1, -0.05) is 91.5 Å². The second-order valence-electron chi connectivity index (χ2n) is 12.0. The summed E-state index contributed by atoms with van der Waals surface area (Å²) in [6.45, 7) is 2.08. The second kappa shape index (κ2) is 16.0. The minimum Gasteiger partial charge on any atom is -0.457 e. The third-order valence-electron chi connectivity index (χ3n) is 8.47. The summed E-state index contributed by atoms with van der Waals surface area (Å²) in [5, 5.41) is 28.3. The lowest BCUT2D eigenvalue weighted by Crippen LogP contribution is -2.38. The van der Waals surface area contributed by atoms with E-state index in [2.05, 4.69) is 33.1 Å². The second-order valence-corrected chi connectivity index (χ2v) is 13.0. The quantitative estimate of drug-likeness (QED) is 0.115. The van der Waals surface area contributed by atoms with Gasteiger partial charge in [0.1, 0.15) is 11.5 Å². The van der Waals surface area contributed by atoms with Gasteiger partial charge in [0.25, 0.3) is 0 Å². The molecule has 11 nitrogen and oxygen atoms in total. The number of rotatable bonds is 11. The molecule has 0 spiro atoms. The third kappa shape index (κ3) is 8.44. The predicted octanol–water partition coefficient (Wildman–Crippen LogP) is 8.17. The monoisotopic (exact) mass is 700 g/mol. The number of thioether (sulfide) groups is 1. The number of hydrogen-bond acceptors (Lipinski definition) is 9. The summed E-state index contributed by atoms with van der Waals surface area (Å²) in [4.78, 5) is 12.8. The standard InChI is InChI=1S/C39H36N6O5S/c1-26-35(25-51-39-42-43-44-45(39)32-8-4-2-5-9-32)49-37(50-36(26)28-14-12-27(24-46)13-15-28)29-16-18-30(19-17-29)40-38(47)41-31-20-22-34(23-21-31)48-33-10-6-3-7-11-33/h2-23,26,35-37,46H,24-25H2,1H3,(H2,40,41,47). The number of carbonyl (C=O) groups excluding carboxylic acids is 1. The molecule has 258 valence electrons. The Morgan fingerprint density at radius 2 is 1.39 bits per heavy atom. The number of nitrogens with zero attached hydrogens (tertiary/aromatic N) is 4. The van der Waals surface area contributed by atoms with Crippen molar-refractivity contribution in [2.45, 2.75) is 37.2 Å². The van der Waals surface area contributed by atoms with Crippen LogP contribution in [0.3, 0.4) is 0 Å². The van der Waals surface area contributed by atoms with Crippen LogP contribution in [0.25, 0.3) is 5.69 Å². The van der Waals surface area contributed by atoms with E-state index in [4.69, 9.17) is 14.2 Å². The van der Waals surface area contributed by atoms with Crippen molar-refractivity contribution in [2.75, 3.05) is 16.4 Å². The van der Waals surface area contributed by atoms with Crippen LogP contribution in [0.15, 0.2) is 139 Å². The summed E-state index contributed by atoms with van der Waals surface area (Å²) in [7, 11) is 0. The third-order valence-corrected chi connectivity index (χ3v) is 9.48. The van der Waals surface area contributed by atoms with Crippen LogP contribution in [0.2, 0.25) is 0 Å². The summed E-state index contributed by atoms with van der Waals surface area (Å²) in [6.07, 6.45) is -1.16. The van der Waals surface area contributed by atoms with E-state index in [1.54, 1.807) is 28.9 Å². The summed E-state index contributed by atoms with van der Waals surface area (Å²) >= 11 is 1.52. The molecule has 4 unspecified atom stereocenters. The first-order valence-electron chi connectivity index (χ1n) is 16.5. The molecule has 1 aliphatic rings. The molecule has 2 heterocycles. The van der Waals surface area contributed by atoms with Gasteiger partial charge in [-0.3, -0.25) is 0 Å².